The van der Waals surface area contributed by atoms with Gasteiger partial charge in [0, 0.05) is 23.6 Å². The third-order valence-corrected chi connectivity index (χ3v) is 4.35. The highest BCUT2D eigenvalue weighted by Crippen LogP contribution is 2.28. The number of rotatable bonds is 3. The smallest absolute Gasteiger partial charge is 0.233 e. The quantitative estimate of drug-likeness (QED) is 0.763. The van der Waals surface area contributed by atoms with Gasteiger partial charge in [-0.25, -0.2) is 13.8 Å². The number of aromatic nitrogens is 4. The fraction of sp³-hybridized carbons (Fsp3) is 0.353. The van der Waals surface area contributed by atoms with Crippen molar-refractivity contribution in [2.75, 3.05) is 13.1 Å². The van der Waals surface area contributed by atoms with Crippen LogP contribution in [0.3, 0.4) is 0 Å². The first-order chi connectivity index (χ1) is 12.1. The lowest BCUT2D eigenvalue weighted by Gasteiger charge is -2.26. The summed E-state index contributed by atoms with van der Waals surface area (Å²) in [5, 5.41) is 10.6. The Morgan fingerprint density at radius 1 is 1.28 bits per heavy atom. The molecule has 1 saturated heterocycles. The van der Waals surface area contributed by atoms with Crippen LogP contribution in [0.1, 0.15) is 12.1 Å². The molecule has 4 rings (SSSR count). The number of hydrogen-bond acceptors (Lipinski definition) is 5. The molecule has 0 aliphatic carbocycles. The first kappa shape index (κ1) is 15.9. The van der Waals surface area contributed by atoms with Crippen molar-refractivity contribution in [2.45, 2.75) is 25.6 Å². The number of alkyl halides is 1. The van der Waals surface area contributed by atoms with Crippen LogP contribution in [-0.2, 0) is 0 Å². The van der Waals surface area contributed by atoms with Gasteiger partial charge in [-0.2, -0.15) is 5.10 Å². The predicted molar refractivity (Wildman–Crippen MR) is 88.6 cm³/mol. The molecule has 0 spiro atoms. The van der Waals surface area contributed by atoms with Crippen molar-refractivity contribution in [2.24, 2.45) is 0 Å². The predicted octanol–water partition coefficient (Wildman–Crippen LogP) is 2.55. The van der Waals surface area contributed by atoms with E-state index in [4.69, 9.17) is 4.74 Å². The zero-order valence-electron chi connectivity index (χ0n) is 13.6. The van der Waals surface area contributed by atoms with Gasteiger partial charge >= 0.3 is 0 Å². The van der Waals surface area contributed by atoms with Crippen LogP contribution >= 0.6 is 0 Å². The molecule has 2 aromatic heterocycles. The number of fused-ring (bicyclic) bond motifs is 1. The van der Waals surface area contributed by atoms with E-state index in [0.29, 0.717) is 29.7 Å². The second-order valence-corrected chi connectivity index (χ2v) is 6.09. The largest absolute Gasteiger partial charge is 0.470 e. The van der Waals surface area contributed by atoms with E-state index in [1.807, 2.05) is 6.92 Å². The van der Waals surface area contributed by atoms with E-state index in [2.05, 4.69) is 25.5 Å². The number of aryl methyl sites for hydroxylation is 1. The average molecular weight is 345 g/mol. The van der Waals surface area contributed by atoms with E-state index in [-0.39, 0.29) is 12.4 Å². The maximum absolute atomic E-state index is 14.4. The average Bonchev–Trinajstić information content (AvgIpc) is 2.96. The number of piperidine rings is 1. The van der Waals surface area contributed by atoms with Crippen molar-refractivity contribution in [1.82, 2.24) is 25.5 Å². The van der Waals surface area contributed by atoms with E-state index in [0.717, 1.165) is 11.1 Å². The lowest BCUT2D eigenvalue weighted by molar-refractivity contribution is 0.0691. The molecule has 0 saturated carbocycles. The summed E-state index contributed by atoms with van der Waals surface area (Å²) in [7, 11) is 0. The second-order valence-electron chi connectivity index (χ2n) is 6.09. The summed E-state index contributed by atoms with van der Waals surface area (Å²) < 4.78 is 34.0. The summed E-state index contributed by atoms with van der Waals surface area (Å²) >= 11 is 0. The van der Waals surface area contributed by atoms with Gasteiger partial charge in [-0.1, -0.05) is 0 Å². The molecule has 0 bridgehead atoms. The molecule has 130 valence electrons. The molecule has 6 nitrogen and oxygen atoms in total. The Kier molecular flexibility index (Phi) is 4.04. The molecular weight excluding hydrogens is 328 g/mol. The molecular formula is C17H17F2N5O. The fourth-order valence-electron chi connectivity index (χ4n) is 2.98. The van der Waals surface area contributed by atoms with Crippen molar-refractivity contribution in [3.8, 4) is 17.1 Å². The van der Waals surface area contributed by atoms with Gasteiger partial charge in [0.15, 0.2) is 0 Å². The van der Waals surface area contributed by atoms with E-state index < -0.39 is 18.1 Å². The summed E-state index contributed by atoms with van der Waals surface area (Å²) in [5.41, 5.74) is 2.03. The fourth-order valence-corrected chi connectivity index (χ4v) is 2.98. The Morgan fingerprint density at radius 3 is 3.00 bits per heavy atom. The van der Waals surface area contributed by atoms with Crippen molar-refractivity contribution >= 4 is 10.9 Å². The highest BCUT2D eigenvalue weighted by Gasteiger charge is 2.27. The van der Waals surface area contributed by atoms with Crippen LogP contribution in [0.4, 0.5) is 8.78 Å². The number of hydrogen-bond donors (Lipinski definition) is 2. The Labute approximate surface area is 142 Å². The molecule has 2 atom stereocenters. The van der Waals surface area contributed by atoms with E-state index in [9.17, 15) is 8.78 Å². The van der Waals surface area contributed by atoms with Crippen LogP contribution in [0, 0.1) is 12.7 Å². The van der Waals surface area contributed by atoms with Crippen LogP contribution in [0.15, 0.2) is 24.5 Å². The number of halogens is 2. The molecule has 3 aromatic rings. The van der Waals surface area contributed by atoms with Gasteiger partial charge in [-0.15, -0.1) is 0 Å². The Balaban J connectivity index is 1.67. The Bertz CT molecular complexity index is 913. The van der Waals surface area contributed by atoms with Crippen LogP contribution in [0.5, 0.6) is 5.88 Å². The Morgan fingerprint density at radius 2 is 2.16 bits per heavy atom. The van der Waals surface area contributed by atoms with Crippen LogP contribution in [0.25, 0.3) is 22.2 Å². The number of nitrogens with zero attached hydrogens (tertiary/aromatic N) is 3. The summed E-state index contributed by atoms with van der Waals surface area (Å²) in [6.07, 6.45) is 1.73. The monoisotopic (exact) mass is 345 g/mol. The van der Waals surface area contributed by atoms with Gasteiger partial charge in [0.2, 0.25) is 5.88 Å². The highest BCUT2D eigenvalue weighted by atomic mass is 19.1. The van der Waals surface area contributed by atoms with E-state index in [1.165, 1.54) is 18.5 Å². The molecule has 8 heteroatoms. The van der Waals surface area contributed by atoms with E-state index >= 15 is 0 Å². The molecule has 1 aliphatic heterocycles. The molecule has 1 fully saturated rings. The summed E-state index contributed by atoms with van der Waals surface area (Å²) in [6, 6.07) is 3.06. The SMILES string of the molecule is Cc1n[nH]c2cc(F)c(-c3cncc(O[C@H]4CCNC[C@@H]4F)n3)cc12. The van der Waals surface area contributed by atoms with Crippen LogP contribution in [0.2, 0.25) is 0 Å². The molecule has 1 aliphatic rings. The number of ether oxygens (including phenoxy) is 1. The maximum Gasteiger partial charge on any atom is 0.233 e. The topological polar surface area (TPSA) is 75.7 Å². The zero-order valence-corrected chi connectivity index (χ0v) is 13.6. The van der Waals surface area contributed by atoms with Crippen molar-refractivity contribution in [3.05, 3.63) is 36.0 Å². The first-order valence-electron chi connectivity index (χ1n) is 8.10. The summed E-state index contributed by atoms with van der Waals surface area (Å²) in [5.74, 6) is -0.247. The zero-order chi connectivity index (χ0) is 17.4. The van der Waals surface area contributed by atoms with Gasteiger partial charge in [-0.05, 0) is 26.0 Å². The van der Waals surface area contributed by atoms with E-state index in [1.54, 1.807) is 6.07 Å². The molecule has 2 N–H and O–H groups in total. The standard InChI is InChI=1S/C17H17F2N5O/c1-9-10-4-11(12(18)5-14(10)24-23-9)15-7-21-8-17(22-15)25-16-2-3-20-6-13(16)19/h4-5,7-8,13,16,20H,2-3,6H2,1H3,(H,23,24)/t13-,16-/m0/s1. The molecule has 0 radical (unpaired) electrons. The molecule has 25 heavy (non-hydrogen) atoms. The van der Waals surface area contributed by atoms with Gasteiger partial charge in [0.05, 0.1) is 29.3 Å². The normalized spacial score (nSPS) is 20.8. The number of nitrogens with one attached hydrogen (secondary N) is 2. The van der Waals surface area contributed by atoms with Crippen molar-refractivity contribution in [1.29, 1.82) is 0 Å². The lowest BCUT2D eigenvalue weighted by Crippen LogP contribution is -2.44. The molecule has 0 amide bonds. The van der Waals surface area contributed by atoms with Crippen LogP contribution in [-0.4, -0.2) is 45.5 Å². The number of benzene rings is 1. The van der Waals surface area contributed by atoms with Gasteiger partial charge in [0.1, 0.15) is 18.1 Å². The minimum Gasteiger partial charge on any atom is -0.470 e. The maximum atomic E-state index is 14.4. The summed E-state index contributed by atoms with van der Waals surface area (Å²) in [4.78, 5) is 8.38. The minimum atomic E-state index is -1.11. The summed E-state index contributed by atoms with van der Waals surface area (Å²) in [6.45, 7) is 2.77. The molecule has 0 unspecified atom stereocenters. The van der Waals surface area contributed by atoms with Crippen LogP contribution < -0.4 is 10.1 Å². The highest BCUT2D eigenvalue weighted by molar-refractivity contribution is 5.86. The van der Waals surface area contributed by atoms with Gasteiger partial charge in [0.25, 0.3) is 0 Å². The second kappa shape index (κ2) is 6.36. The molecule has 3 heterocycles. The third kappa shape index (κ3) is 3.05. The number of H-pyrrole nitrogens is 1. The lowest BCUT2D eigenvalue weighted by atomic mass is 10.1. The van der Waals surface area contributed by atoms with Crippen molar-refractivity contribution in [3.63, 3.8) is 0 Å². The van der Waals surface area contributed by atoms with Gasteiger partial charge < -0.3 is 10.1 Å². The first-order valence-corrected chi connectivity index (χ1v) is 8.10. The molecule has 1 aromatic carbocycles. The third-order valence-electron chi connectivity index (χ3n) is 4.35. The minimum absolute atomic E-state index is 0.190. The number of aromatic amines is 1. The Hall–Kier alpha value is -2.61. The van der Waals surface area contributed by atoms with Crippen molar-refractivity contribution < 1.29 is 13.5 Å². The van der Waals surface area contributed by atoms with Gasteiger partial charge in [-0.3, -0.25) is 10.1 Å².